The molecular weight excluding hydrogens is 645 g/mol. The molecule has 4 aliphatic heterocycles. The van der Waals surface area contributed by atoms with Gasteiger partial charge >= 0.3 is 0 Å². The SMILES string of the molecule is CC(C)(C)C1CCCN(C(C)(C)C)C1.CC(C)(C)C1CCN(C(C)(C)C)C1.CC(C)(C)C1CCN(C(C)(C)C)CC1.CC(C)(C)C1CN(C(C)(C)C)C1. The van der Waals surface area contributed by atoms with Crippen LogP contribution in [0.2, 0.25) is 0 Å². The maximum absolute atomic E-state index is 2.65. The van der Waals surface area contributed by atoms with Crippen molar-refractivity contribution in [1.29, 1.82) is 0 Å². The van der Waals surface area contributed by atoms with Gasteiger partial charge in [-0.25, -0.2) is 0 Å². The number of nitrogens with zero attached hydrogens (tertiary/aromatic N) is 4. The molecule has 53 heavy (non-hydrogen) atoms. The first kappa shape index (κ1) is 50.9. The Balaban J connectivity index is 0.000000354. The van der Waals surface area contributed by atoms with Gasteiger partial charge in [0, 0.05) is 48.3 Å². The van der Waals surface area contributed by atoms with Gasteiger partial charge in [-0.05, 0) is 187 Å². The number of piperidine rings is 2. The minimum absolute atomic E-state index is 0.351. The predicted octanol–water partition coefficient (Wildman–Crippen LogP) is 13.0. The van der Waals surface area contributed by atoms with E-state index < -0.39 is 0 Å². The Morgan fingerprint density at radius 1 is 0.264 bits per heavy atom. The topological polar surface area (TPSA) is 13.0 Å². The molecule has 0 amide bonds. The third-order valence-corrected chi connectivity index (χ3v) is 13.7. The number of hydrogen-bond acceptors (Lipinski definition) is 4. The maximum atomic E-state index is 2.65. The second-order valence-corrected chi connectivity index (χ2v) is 26.2. The summed E-state index contributed by atoms with van der Waals surface area (Å²) in [5.74, 6) is 3.57. The predicted molar refractivity (Wildman–Crippen MR) is 240 cm³/mol. The van der Waals surface area contributed by atoms with E-state index in [1.165, 1.54) is 84.5 Å². The minimum atomic E-state index is 0.351. The molecule has 4 saturated heterocycles. The van der Waals surface area contributed by atoms with Gasteiger partial charge in [-0.1, -0.05) is 83.1 Å². The molecule has 0 spiro atoms. The third kappa shape index (κ3) is 17.9. The van der Waals surface area contributed by atoms with Crippen LogP contribution in [0.4, 0.5) is 0 Å². The van der Waals surface area contributed by atoms with Crippen molar-refractivity contribution in [2.75, 3.05) is 52.4 Å². The highest BCUT2D eigenvalue weighted by atomic mass is 15.2. The quantitative estimate of drug-likeness (QED) is 0.245. The molecule has 4 heterocycles. The van der Waals surface area contributed by atoms with Gasteiger partial charge in [0.1, 0.15) is 0 Å². The summed E-state index contributed by atoms with van der Waals surface area (Å²) in [6.45, 7) is 66.5. The van der Waals surface area contributed by atoms with Crippen LogP contribution in [0, 0.1) is 45.3 Å². The van der Waals surface area contributed by atoms with E-state index in [4.69, 9.17) is 0 Å². The highest BCUT2D eigenvalue weighted by molar-refractivity contribution is 4.94. The van der Waals surface area contributed by atoms with Crippen LogP contribution in [0.25, 0.3) is 0 Å². The second kappa shape index (κ2) is 18.6. The minimum Gasteiger partial charge on any atom is -0.298 e. The first-order valence-electron chi connectivity index (χ1n) is 22.3. The van der Waals surface area contributed by atoms with E-state index in [1.54, 1.807) is 0 Å². The third-order valence-electron chi connectivity index (χ3n) is 13.7. The van der Waals surface area contributed by atoms with Gasteiger partial charge in [0.05, 0.1) is 0 Å². The van der Waals surface area contributed by atoms with E-state index in [0.717, 1.165) is 23.7 Å². The molecule has 0 N–H and O–H groups in total. The molecule has 0 aromatic rings. The Morgan fingerprint density at radius 3 is 0.811 bits per heavy atom. The molecule has 4 rings (SSSR count). The molecule has 0 aromatic carbocycles. The lowest BCUT2D eigenvalue weighted by molar-refractivity contribution is -0.0345. The lowest BCUT2D eigenvalue weighted by Gasteiger charge is -2.52. The first-order valence-corrected chi connectivity index (χ1v) is 22.3. The number of likely N-dealkylation sites (tertiary alicyclic amines) is 4. The summed E-state index contributed by atoms with van der Waals surface area (Å²) < 4.78 is 0. The van der Waals surface area contributed by atoms with Crippen LogP contribution < -0.4 is 0 Å². The maximum Gasteiger partial charge on any atom is 0.0125 e. The summed E-state index contributed by atoms with van der Waals surface area (Å²) >= 11 is 0. The van der Waals surface area contributed by atoms with Gasteiger partial charge in [-0.3, -0.25) is 19.6 Å². The average molecular weight is 747 g/mol. The van der Waals surface area contributed by atoms with Crippen LogP contribution in [-0.2, 0) is 0 Å². The monoisotopic (exact) mass is 747 g/mol. The van der Waals surface area contributed by atoms with E-state index >= 15 is 0 Å². The molecule has 2 unspecified atom stereocenters. The summed E-state index contributed by atoms with van der Waals surface area (Å²) in [5.41, 5.74) is 3.42. The smallest absolute Gasteiger partial charge is 0.0125 e. The summed E-state index contributed by atoms with van der Waals surface area (Å²) in [7, 11) is 0. The highest BCUT2D eigenvalue weighted by Gasteiger charge is 2.40. The average Bonchev–Trinajstić information content (AvgIpc) is 3.42. The lowest BCUT2D eigenvalue weighted by Crippen LogP contribution is -2.59. The summed E-state index contributed by atoms with van der Waals surface area (Å²) in [4.78, 5) is 10.4. The van der Waals surface area contributed by atoms with E-state index in [9.17, 15) is 0 Å². The molecule has 318 valence electrons. The summed E-state index contributed by atoms with van der Waals surface area (Å²) in [5, 5.41) is 0. The van der Waals surface area contributed by atoms with Gasteiger partial charge in [0.25, 0.3) is 0 Å². The van der Waals surface area contributed by atoms with Crippen molar-refractivity contribution in [3.8, 4) is 0 Å². The lowest BCUT2D eigenvalue weighted by atomic mass is 9.74. The molecule has 2 atom stereocenters. The molecule has 0 bridgehead atoms. The Kier molecular flexibility index (Phi) is 17.9. The molecule has 0 aromatic heterocycles. The van der Waals surface area contributed by atoms with Crippen LogP contribution in [0.1, 0.15) is 198 Å². The number of rotatable bonds is 0. The van der Waals surface area contributed by atoms with Crippen LogP contribution in [0.15, 0.2) is 0 Å². The van der Waals surface area contributed by atoms with E-state index in [1.807, 2.05) is 0 Å². The van der Waals surface area contributed by atoms with Crippen molar-refractivity contribution in [3.05, 3.63) is 0 Å². The zero-order valence-corrected chi connectivity index (χ0v) is 41.3. The fourth-order valence-electron chi connectivity index (χ4n) is 8.36. The summed E-state index contributed by atoms with van der Waals surface area (Å²) in [6, 6.07) is 0. The standard InChI is InChI=1S/2C13H27N.C12H25N.C11H23N/c1-12(2,3)11-7-9-14(10-8-11)13(4,5)6;1-12(2,3)11-8-7-9-14(10-11)13(4,5)6;1-11(2,3)10-7-8-13(9-10)12(4,5)6;1-10(2,3)9-7-12(8-9)11(4,5)6/h2*11H,7-10H2,1-6H3;10H,7-9H2,1-6H3;9H,7-8H2,1-6H3. The van der Waals surface area contributed by atoms with Crippen molar-refractivity contribution in [1.82, 2.24) is 19.6 Å². The molecule has 0 radical (unpaired) electrons. The molecule has 4 aliphatic rings. The largest absolute Gasteiger partial charge is 0.298 e. The van der Waals surface area contributed by atoms with E-state index in [-0.39, 0.29) is 0 Å². The Morgan fingerprint density at radius 2 is 0.528 bits per heavy atom. The van der Waals surface area contributed by atoms with Gasteiger partial charge in [0.2, 0.25) is 0 Å². The van der Waals surface area contributed by atoms with E-state index in [0.29, 0.717) is 43.8 Å². The van der Waals surface area contributed by atoms with Gasteiger partial charge in [0.15, 0.2) is 0 Å². The van der Waals surface area contributed by atoms with Gasteiger partial charge < -0.3 is 0 Å². The van der Waals surface area contributed by atoms with E-state index in [2.05, 4.69) is 186 Å². The second-order valence-electron chi connectivity index (χ2n) is 26.2. The Bertz CT molecular complexity index is 940. The summed E-state index contributed by atoms with van der Waals surface area (Å²) in [6.07, 6.45) is 6.91. The Labute approximate surface area is 336 Å². The van der Waals surface area contributed by atoms with Crippen molar-refractivity contribution in [2.45, 2.75) is 220 Å². The molecule has 4 heteroatoms. The molecule has 0 saturated carbocycles. The van der Waals surface area contributed by atoms with Crippen LogP contribution in [0.5, 0.6) is 0 Å². The molecular formula is C49H102N4. The van der Waals surface area contributed by atoms with Crippen LogP contribution in [0.3, 0.4) is 0 Å². The number of hydrogen-bond donors (Lipinski definition) is 0. The normalized spacial score (nSPS) is 24.7. The zero-order valence-electron chi connectivity index (χ0n) is 41.3. The highest BCUT2D eigenvalue weighted by Crippen LogP contribution is 2.39. The fraction of sp³-hybridized carbons (Fsp3) is 1.00. The van der Waals surface area contributed by atoms with Crippen molar-refractivity contribution in [2.24, 2.45) is 45.3 Å². The first-order chi connectivity index (χ1) is 23.3. The van der Waals surface area contributed by atoms with Crippen molar-refractivity contribution in [3.63, 3.8) is 0 Å². The van der Waals surface area contributed by atoms with Crippen LogP contribution >= 0.6 is 0 Å². The fourth-order valence-corrected chi connectivity index (χ4v) is 8.36. The Hall–Kier alpha value is -0.160. The molecule has 0 aliphatic carbocycles. The van der Waals surface area contributed by atoms with Gasteiger partial charge in [-0.15, -0.1) is 0 Å². The molecule has 4 nitrogen and oxygen atoms in total. The zero-order chi connectivity index (χ0) is 41.8. The van der Waals surface area contributed by atoms with Gasteiger partial charge in [-0.2, -0.15) is 0 Å². The van der Waals surface area contributed by atoms with Crippen molar-refractivity contribution >= 4 is 0 Å². The van der Waals surface area contributed by atoms with Crippen molar-refractivity contribution < 1.29 is 0 Å². The molecule has 4 fully saturated rings. The van der Waals surface area contributed by atoms with Crippen LogP contribution in [-0.4, -0.2) is 94.1 Å².